The number of hydrogen-bond donors (Lipinski definition) is 2. The van der Waals surface area contributed by atoms with E-state index in [4.69, 9.17) is 11.6 Å². The summed E-state index contributed by atoms with van der Waals surface area (Å²) in [5.74, 6) is 0.935. The molecular weight excluding hydrogens is 202 g/mol. The topological polar surface area (TPSA) is 45.4 Å². The molecule has 0 spiro atoms. The van der Waals surface area contributed by atoms with E-state index in [-0.39, 0.29) is 11.8 Å². The number of unbranched alkanes of at least 4 members (excludes halogenated alkanes) is 1. The fourth-order valence-electron chi connectivity index (χ4n) is 1.42. The van der Waals surface area contributed by atoms with Crippen LogP contribution in [0.2, 0.25) is 0 Å². The highest BCUT2D eigenvalue weighted by atomic mass is 35.5. The summed E-state index contributed by atoms with van der Waals surface area (Å²) in [6, 6.07) is 0. The molecule has 14 heavy (non-hydrogen) atoms. The van der Waals surface area contributed by atoms with Crippen LogP contribution in [0.25, 0.3) is 0 Å². The molecule has 0 aliphatic heterocycles. The molecule has 80 valence electrons. The lowest BCUT2D eigenvalue weighted by molar-refractivity contribution is 0.362. The molecule has 0 atom stereocenters. The van der Waals surface area contributed by atoms with Gasteiger partial charge in [-0.3, -0.25) is 4.57 Å². The van der Waals surface area contributed by atoms with Gasteiger partial charge < -0.3 is 10.2 Å². The van der Waals surface area contributed by atoms with Crippen LogP contribution in [-0.2, 0) is 6.54 Å². The van der Waals surface area contributed by atoms with Crippen LogP contribution >= 0.6 is 11.6 Å². The van der Waals surface area contributed by atoms with Gasteiger partial charge in [0.15, 0.2) is 11.8 Å². The second kappa shape index (κ2) is 4.60. The average molecular weight is 218 g/mol. The smallest absolute Gasteiger partial charge is 0.197 e. The van der Waals surface area contributed by atoms with E-state index in [1.165, 1.54) is 4.57 Å². The number of halogens is 1. The molecule has 0 amide bonds. The molecular formula is C10H16ClNO2. The van der Waals surface area contributed by atoms with Crippen molar-refractivity contribution in [3.8, 4) is 11.8 Å². The van der Waals surface area contributed by atoms with Crippen LogP contribution in [0, 0.1) is 13.8 Å². The molecule has 1 rings (SSSR count). The van der Waals surface area contributed by atoms with Gasteiger partial charge in [-0.05, 0) is 26.7 Å². The van der Waals surface area contributed by atoms with Gasteiger partial charge in [-0.25, -0.2) is 0 Å². The maximum atomic E-state index is 9.67. The van der Waals surface area contributed by atoms with Gasteiger partial charge in [0.05, 0.1) is 0 Å². The van der Waals surface area contributed by atoms with Crippen molar-refractivity contribution in [2.45, 2.75) is 33.2 Å². The highest BCUT2D eigenvalue weighted by molar-refractivity contribution is 6.17. The van der Waals surface area contributed by atoms with Crippen molar-refractivity contribution in [3.05, 3.63) is 11.1 Å². The fraction of sp³-hybridized carbons (Fsp3) is 0.600. The van der Waals surface area contributed by atoms with E-state index in [0.29, 0.717) is 12.4 Å². The Balaban J connectivity index is 2.81. The molecule has 0 aromatic carbocycles. The Morgan fingerprint density at radius 3 is 2.00 bits per heavy atom. The number of aromatic nitrogens is 1. The number of alkyl halides is 1. The Bertz CT molecular complexity index is 295. The van der Waals surface area contributed by atoms with Crippen molar-refractivity contribution >= 4 is 11.6 Å². The third kappa shape index (κ3) is 1.98. The SMILES string of the molecule is Cc1c(C)c(O)n(CCCCCl)c1O. The lowest BCUT2D eigenvalue weighted by Gasteiger charge is -2.05. The summed E-state index contributed by atoms with van der Waals surface area (Å²) in [5.41, 5.74) is 1.49. The van der Waals surface area contributed by atoms with E-state index in [2.05, 4.69) is 0 Å². The van der Waals surface area contributed by atoms with Crippen LogP contribution in [0.15, 0.2) is 0 Å². The minimum absolute atomic E-state index is 0.162. The molecule has 1 aromatic rings. The van der Waals surface area contributed by atoms with Crippen LogP contribution < -0.4 is 0 Å². The lowest BCUT2D eigenvalue weighted by Crippen LogP contribution is -1.97. The number of nitrogens with zero attached hydrogens (tertiary/aromatic N) is 1. The van der Waals surface area contributed by atoms with E-state index in [1.54, 1.807) is 13.8 Å². The minimum atomic E-state index is 0.162. The molecule has 2 N–H and O–H groups in total. The molecule has 0 aliphatic rings. The molecule has 4 heteroatoms. The molecule has 0 unspecified atom stereocenters. The molecule has 0 radical (unpaired) electrons. The highest BCUT2D eigenvalue weighted by Crippen LogP contribution is 2.32. The second-order valence-corrected chi connectivity index (χ2v) is 3.82. The van der Waals surface area contributed by atoms with Gasteiger partial charge in [0.25, 0.3) is 0 Å². The van der Waals surface area contributed by atoms with Gasteiger partial charge in [0, 0.05) is 23.6 Å². The average Bonchev–Trinajstić information content (AvgIpc) is 2.35. The summed E-state index contributed by atoms with van der Waals surface area (Å²) in [6.07, 6.45) is 1.74. The third-order valence-electron chi connectivity index (χ3n) is 2.51. The largest absolute Gasteiger partial charge is 0.494 e. The predicted molar refractivity (Wildman–Crippen MR) is 57.2 cm³/mol. The maximum absolute atomic E-state index is 9.67. The molecule has 0 saturated heterocycles. The van der Waals surface area contributed by atoms with Gasteiger partial charge in [0.1, 0.15) is 0 Å². The molecule has 1 aromatic heterocycles. The first-order valence-corrected chi connectivity index (χ1v) is 5.26. The van der Waals surface area contributed by atoms with Crippen molar-refractivity contribution in [1.29, 1.82) is 0 Å². The Morgan fingerprint density at radius 2 is 1.57 bits per heavy atom. The van der Waals surface area contributed by atoms with E-state index in [1.807, 2.05) is 0 Å². The van der Waals surface area contributed by atoms with Crippen LogP contribution in [0.1, 0.15) is 24.0 Å². The Morgan fingerprint density at radius 1 is 1.07 bits per heavy atom. The monoisotopic (exact) mass is 217 g/mol. The fourth-order valence-corrected chi connectivity index (χ4v) is 1.61. The molecule has 0 saturated carbocycles. The summed E-state index contributed by atoms with van der Waals surface area (Å²) >= 11 is 5.55. The van der Waals surface area contributed by atoms with E-state index < -0.39 is 0 Å². The Hall–Kier alpha value is -0.830. The van der Waals surface area contributed by atoms with Crippen molar-refractivity contribution in [2.24, 2.45) is 0 Å². The Labute approximate surface area is 88.9 Å². The number of hydrogen-bond acceptors (Lipinski definition) is 2. The first-order valence-electron chi connectivity index (χ1n) is 4.73. The summed E-state index contributed by atoms with van der Waals surface area (Å²) in [7, 11) is 0. The summed E-state index contributed by atoms with van der Waals surface area (Å²) in [5, 5.41) is 19.3. The summed E-state index contributed by atoms with van der Waals surface area (Å²) in [4.78, 5) is 0. The van der Waals surface area contributed by atoms with Crippen molar-refractivity contribution in [1.82, 2.24) is 4.57 Å². The first kappa shape index (κ1) is 11.2. The normalized spacial score (nSPS) is 10.8. The van der Waals surface area contributed by atoms with Gasteiger partial charge in [0.2, 0.25) is 0 Å². The number of aromatic hydroxyl groups is 2. The highest BCUT2D eigenvalue weighted by Gasteiger charge is 2.14. The van der Waals surface area contributed by atoms with Gasteiger partial charge in [-0.1, -0.05) is 0 Å². The molecule has 0 aliphatic carbocycles. The van der Waals surface area contributed by atoms with Crippen LogP contribution in [0.5, 0.6) is 11.8 Å². The zero-order chi connectivity index (χ0) is 10.7. The van der Waals surface area contributed by atoms with Gasteiger partial charge in [-0.15, -0.1) is 11.6 Å². The Kier molecular flexibility index (Phi) is 3.69. The quantitative estimate of drug-likeness (QED) is 0.602. The van der Waals surface area contributed by atoms with Gasteiger partial charge >= 0.3 is 0 Å². The van der Waals surface area contributed by atoms with E-state index >= 15 is 0 Å². The van der Waals surface area contributed by atoms with E-state index in [0.717, 1.165) is 24.0 Å². The third-order valence-corrected chi connectivity index (χ3v) is 2.78. The van der Waals surface area contributed by atoms with E-state index in [9.17, 15) is 10.2 Å². The van der Waals surface area contributed by atoms with Crippen molar-refractivity contribution < 1.29 is 10.2 Å². The maximum Gasteiger partial charge on any atom is 0.197 e. The minimum Gasteiger partial charge on any atom is -0.494 e. The molecule has 3 nitrogen and oxygen atoms in total. The lowest BCUT2D eigenvalue weighted by atomic mass is 10.2. The predicted octanol–water partition coefficient (Wildman–Crippen LogP) is 2.54. The summed E-state index contributed by atoms with van der Waals surface area (Å²) in [6.45, 7) is 4.20. The molecule has 1 heterocycles. The van der Waals surface area contributed by atoms with Crippen LogP contribution in [-0.4, -0.2) is 20.7 Å². The molecule has 0 bridgehead atoms. The first-order chi connectivity index (χ1) is 6.59. The van der Waals surface area contributed by atoms with Crippen LogP contribution in [0.4, 0.5) is 0 Å². The zero-order valence-corrected chi connectivity index (χ0v) is 9.30. The standard InChI is InChI=1S/C10H16ClNO2/c1-7-8(2)10(14)12(9(7)13)6-4-3-5-11/h13-14H,3-6H2,1-2H3. The van der Waals surface area contributed by atoms with Crippen molar-refractivity contribution in [2.75, 3.05) is 5.88 Å². The van der Waals surface area contributed by atoms with Crippen LogP contribution in [0.3, 0.4) is 0 Å². The summed E-state index contributed by atoms with van der Waals surface area (Å²) < 4.78 is 1.53. The molecule has 0 fully saturated rings. The second-order valence-electron chi connectivity index (χ2n) is 3.44. The number of rotatable bonds is 4. The van der Waals surface area contributed by atoms with Gasteiger partial charge in [-0.2, -0.15) is 0 Å². The zero-order valence-electron chi connectivity index (χ0n) is 8.55. The van der Waals surface area contributed by atoms with Crippen molar-refractivity contribution in [3.63, 3.8) is 0 Å².